The molecule has 0 bridgehead atoms. The van der Waals surface area contributed by atoms with E-state index in [-0.39, 0.29) is 0 Å². The number of Topliss-reactive ketones (excluding diaryl/α,β-unsaturated/α-hetero) is 1. The maximum atomic E-state index is 14.2. The molecule has 0 saturated heterocycles. The van der Waals surface area contributed by atoms with E-state index in [1.54, 1.807) is 66.7 Å². The first-order chi connectivity index (χ1) is 20.6. The van der Waals surface area contributed by atoms with Gasteiger partial charge < -0.3 is 34.7 Å². The van der Waals surface area contributed by atoms with Crippen LogP contribution in [0, 0.1) is 11.8 Å². The number of ketones is 1. The van der Waals surface area contributed by atoms with Crippen molar-refractivity contribution in [3.8, 4) is 23.0 Å². The number of rotatable bonds is 11. The summed E-state index contributed by atoms with van der Waals surface area (Å²) < 4.78 is 22.4. The minimum atomic E-state index is -1.81. The lowest BCUT2D eigenvalue weighted by Crippen LogP contribution is -2.56. The zero-order valence-electron chi connectivity index (χ0n) is 25.0. The second-order valence-corrected chi connectivity index (χ2v) is 10.4. The number of hydrogen-bond acceptors (Lipinski definition) is 8. The maximum Gasteiger partial charge on any atom is 0.235 e. The summed E-state index contributed by atoms with van der Waals surface area (Å²) in [6.07, 6.45) is -0.418. The molecule has 1 fully saturated rings. The molecule has 0 aliphatic heterocycles. The van der Waals surface area contributed by atoms with Gasteiger partial charge in [0.2, 0.25) is 11.8 Å². The van der Waals surface area contributed by atoms with Gasteiger partial charge in [0.1, 0.15) is 34.7 Å². The Bertz CT molecular complexity index is 1470. The van der Waals surface area contributed by atoms with Gasteiger partial charge >= 0.3 is 0 Å². The van der Waals surface area contributed by atoms with Gasteiger partial charge in [-0.15, -0.1) is 0 Å². The number of amides is 2. The molecular formula is C33H38N2O8. The SMILES string of the molecule is CCOc1ccccc1NC(=O)C1C(=O)CC(C)(O)C(C(=O)Nc2ccccc2OCC)C1c1ccc(OC)cc1OC. The lowest BCUT2D eigenvalue weighted by atomic mass is 9.61. The fourth-order valence-corrected chi connectivity index (χ4v) is 5.68. The highest BCUT2D eigenvalue weighted by atomic mass is 16.5. The third-order valence-corrected chi connectivity index (χ3v) is 7.52. The molecule has 4 atom stereocenters. The van der Waals surface area contributed by atoms with Crippen LogP contribution >= 0.6 is 0 Å². The predicted molar refractivity (Wildman–Crippen MR) is 162 cm³/mol. The number of nitrogens with one attached hydrogen (secondary N) is 2. The fraction of sp³-hybridized carbons (Fsp3) is 0.364. The van der Waals surface area contributed by atoms with E-state index in [0.29, 0.717) is 53.2 Å². The third-order valence-electron chi connectivity index (χ3n) is 7.52. The van der Waals surface area contributed by atoms with E-state index in [2.05, 4.69) is 10.6 Å². The van der Waals surface area contributed by atoms with E-state index in [0.717, 1.165) is 0 Å². The molecule has 1 aliphatic rings. The molecule has 3 aromatic rings. The van der Waals surface area contributed by atoms with Crippen LogP contribution in [-0.2, 0) is 14.4 Å². The van der Waals surface area contributed by atoms with E-state index in [1.165, 1.54) is 21.1 Å². The van der Waals surface area contributed by atoms with Crippen molar-refractivity contribution in [3.63, 3.8) is 0 Å². The van der Waals surface area contributed by atoms with Crippen LogP contribution < -0.4 is 29.6 Å². The first-order valence-corrected chi connectivity index (χ1v) is 14.2. The van der Waals surface area contributed by atoms with Gasteiger partial charge in [-0.2, -0.15) is 0 Å². The van der Waals surface area contributed by atoms with Gasteiger partial charge in [0.05, 0.1) is 50.3 Å². The van der Waals surface area contributed by atoms with Crippen LogP contribution in [-0.4, -0.2) is 55.7 Å². The zero-order chi connectivity index (χ0) is 31.1. The van der Waals surface area contributed by atoms with E-state index >= 15 is 0 Å². The van der Waals surface area contributed by atoms with Crippen molar-refractivity contribution >= 4 is 29.0 Å². The molecule has 0 aromatic heterocycles. The van der Waals surface area contributed by atoms with Gasteiger partial charge in [0.15, 0.2) is 0 Å². The smallest absolute Gasteiger partial charge is 0.235 e. The molecule has 2 amide bonds. The van der Waals surface area contributed by atoms with Crippen LogP contribution in [0.2, 0.25) is 0 Å². The second kappa shape index (κ2) is 13.6. The van der Waals surface area contributed by atoms with Gasteiger partial charge in [-0.3, -0.25) is 14.4 Å². The lowest BCUT2D eigenvalue weighted by Gasteiger charge is -2.44. The molecule has 43 heavy (non-hydrogen) atoms. The second-order valence-electron chi connectivity index (χ2n) is 10.4. The molecule has 228 valence electrons. The van der Waals surface area contributed by atoms with Gasteiger partial charge in [-0.1, -0.05) is 30.3 Å². The first-order valence-electron chi connectivity index (χ1n) is 14.2. The van der Waals surface area contributed by atoms with Crippen LogP contribution in [0.25, 0.3) is 0 Å². The Balaban J connectivity index is 1.84. The minimum absolute atomic E-state index is 0.301. The Morgan fingerprint density at radius 3 is 1.93 bits per heavy atom. The van der Waals surface area contributed by atoms with Crippen molar-refractivity contribution in [2.75, 3.05) is 38.1 Å². The first kappa shape index (κ1) is 31.4. The van der Waals surface area contributed by atoms with Gasteiger partial charge in [0.25, 0.3) is 0 Å². The molecule has 0 radical (unpaired) electrons. The minimum Gasteiger partial charge on any atom is -0.497 e. The number of methoxy groups -OCH3 is 2. The molecule has 10 heteroatoms. The molecule has 0 heterocycles. The third kappa shape index (κ3) is 6.75. The van der Waals surface area contributed by atoms with E-state index in [1.807, 2.05) is 13.8 Å². The monoisotopic (exact) mass is 590 g/mol. The summed E-state index contributed by atoms with van der Waals surface area (Å²) in [5, 5.41) is 17.4. The van der Waals surface area contributed by atoms with Gasteiger partial charge in [-0.05, 0) is 56.7 Å². The van der Waals surface area contributed by atoms with Crippen LogP contribution in [0.5, 0.6) is 23.0 Å². The molecule has 0 spiro atoms. The van der Waals surface area contributed by atoms with Crippen molar-refractivity contribution in [1.29, 1.82) is 0 Å². The van der Waals surface area contributed by atoms with E-state index in [4.69, 9.17) is 18.9 Å². The number of carbonyl (C=O) groups is 3. The van der Waals surface area contributed by atoms with Crippen molar-refractivity contribution in [1.82, 2.24) is 0 Å². The van der Waals surface area contributed by atoms with E-state index in [9.17, 15) is 19.5 Å². The average Bonchev–Trinajstić information content (AvgIpc) is 2.98. The lowest BCUT2D eigenvalue weighted by molar-refractivity contribution is -0.150. The standard InChI is InChI=1S/C33H38N2O8/c1-6-42-25-14-10-8-12-22(25)34-31(37)29-24(36)19-33(3,39)30(28(29)21-17-16-20(40-4)18-27(21)41-5)32(38)35-23-13-9-11-15-26(23)43-7-2/h8-18,28-30,39H,6-7,19H2,1-5H3,(H,34,37)(H,35,38). The van der Waals surface area contributed by atoms with Gasteiger partial charge in [-0.25, -0.2) is 0 Å². The summed E-state index contributed by atoms with van der Waals surface area (Å²) in [5.74, 6) is -3.78. The summed E-state index contributed by atoms with van der Waals surface area (Å²) in [4.78, 5) is 41.9. The highest BCUT2D eigenvalue weighted by molar-refractivity contribution is 6.11. The van der Waals surface area contributed by atoms with Crippen molar-refractivity contribution < 1.29 is 38.4 Å². The van der Waals surface area contributed by atoms with E-state index < -0.39 is 47.4 Å². The number of ether oxygens (including phenoxy) is 4. The predicted octanol–water partition coefficient (Wildman–Crippen LogP) is 4.82. The number of benzene rings is 3. The Morgan fingerprint density at radius 2 is 1.40 bits per heavy atom. The highest BCUT2D eigenvalue weighted by Gasteiger charge is 2.56. The molecule has 10 nitrogen and oxygen atoms in total. The quantitative estimate of drug-likeness (QED) is 0.271. The molecule has 4 rings (SSSR count). The number of carbonyl (C=O) groups excluding carboxylic acids is 3. The number of anilines is 2. The number of hydrogen-bond donors (Lipinski definition) is 3. The molecule has 1 saturated carbocycles. The molecule has 3 N–H and O–H groups in total. The fourth-order valence-electron chi connectivity index (χ4n) is 5.68. The summed E-state index contributed by atoms with van der Waals surface area (Å²) >= 11 is 0. The molecule has 4 unspecified atom stereocenters. The van der Waals surface area contributed by atoms with Crippen LogP contribution in [0.15, 0.2) is 66.7 Å². The molecule has 1 aliphatic carbocycles. The highest BCUT2D eigenvalue weighted by Crippen LogP contribution is 2.49. The Morgan fingerprint density at radius 1 is 0.837 bits per heavy atom. The Hall–Kier alpha value is -4.57. The summed E-state index contributed by atoms with van der Waals surface area (Å²) in [6.45, 7) is 5.83. The van der Waals surface area contributed by atoms with Crippen LogP contribution in [0.4, 0.5) is 11.4 Å². The van der Waals surface area contributed by atoms with Crippen LogP contribution in [0.1, 0.15) is 38.7 Å². The summed E-state index contributed by atoms with van der Waals surface area (Å²) in [5.41, 5.74) is -0.633. The number of para-hydroxylation sites is 4. The van der Waals surface area contributed by atoms with Crippen LogP contribution in [0.3, 0.4) is 0 Å². The number of aliphatic hydroxyl groups is 1. The maximum absolute atomic E-state index is 14.2. The zero-order valence-corrected chi connectivity index (χ0v) is 25.0. The molecule has 3 aromatic carbocycles. The van der Waals surface area contributed by atoms with Gasteiger partial charge in [0, 0.05) is 18.4 Å². The van der Waals surface area contributed by atoms with Crippen molar-refractivity contribution in [2.24, 2.45) is 11.8 Å². The van der Waals surface area contributed by atoms with Crippen molar-refractivity contribution in [3.05, 3.63) is 72.3 Å². The molecular weight excluding hydrogens is 552 g/mol. The Kier molecular flexibility index (Phi) is 9.92. The largest absolute Gasteiger partial charge is 0.497 e. The Labute approximate surface area is 251 Å². The summed E-state index contributed by atoms with van der Waals surface area (Å²) in [7, 11) is 2.95. The topological polar surface area (TPSA) is 132 Å². The van der Waals surface area contributed by atoms with Crippen molar-refractivity contribution in [2.45, 2.75) is 38.7 Å². The summed E-state index contributed by atoms with van der Waals surface area (Å²) in [6, 6.07) is 18.7. The normalized spacial score (nSPS) is 21.4. The average molecular weight is 591 g/mol.